The fourth-order valence-electron chi connectivity index (χ4n) is 2.12. The van der Waals surface area contributed by atoms with Gasteiger partial charge in [0, 0.05) is 36.9 Å². The van der Waals surface area contributed by atoms with E-state index in [-0.39, 0.29) is 0 Å². The summed E-state index contributed by atoms with van der Waals surface area (Å²) in [7, 11) is 1.62. The van der Waals surface area contributed by atoms with Crippen LogP contribution >= 0.6 is 11.3 Å². The van der Waals surface area contributed by atoms with Gasteiger partial charge in [-0.1, -0.05) is 6.07 Å². The van der Waals surface area contributed by atoms with E-state index in [0.29, 0.717) is 5.88 Å². The van der Waals surface area contributed by atoms with Crippen molar-refractivity contribution < 1.29 is 4.74 Å². The van der Waals surface area contributed by atoms with Gasteiger partial charge in [0.2, 0.25) is 5.88 Å². The van der Waals surface area contributed by atoms with Crippen molar-refractivity contribution in [2.24, 2.45) is 0 Å². The number of nitrogens with zero attached hydrogens (tertiary/aromatic N) is 3. The zero-order chi connectivity index (χ0) is 13.9. The molecule has 3 aromatic rings. The molecule has 0 fully saturated rings. The molecule has 5 nitrogen and oxygen atoms in total. The van der Waals surface area contributed by atoms with Crippen LogP contribution in [0.4, 0.5) is 0 Å². The van der Waals surface area contributed by atoms with Crippen molar-refractivity contribution in [3.05, 3.63) is 46.9 Å². The highest BCUT2D eigenvalue weighted by Crippen LogP contribution is 2.16. The maximum atomic E-state index is 5.05. The molecular weight excluding hydrogens is 272 g/mol. The van der Waals surface area contributed by atoms with Crippen LogP contribution < -0.4 is 10.1 Å². The van der Waals surface area contributed by atoms with Crippen molar-refractivity contribution in [1.29, 1.82) is 0 Å². The van der Waals surface area contributed by atoms with Crippen LogP contribution in [0.2, 0.25) is 0 Å². The van der Waals surface area contributed by atoms with Gasteiger partial charge < -0.3 is 10.1 Å². The molecule has 6 heteroatoms. The number of imidazole rings is 1. The van der Waals surface area contributed by atoms with Gasteiger partial charge in [-0.2, -0.15) is 0 Å². The third-order valence-corrected chi connectivity index (χ3v) is 3.95. The number of thiazole rings is 1. The summed E-state index contributed by atoms with van der Waals surface area (Å²) in [5.74, 6) is 0.639. The zero-order valence-electron chi connectivity index (χ0n) is 11.5. The number of methoxy groups -OCH3 is 1. The number of fused-ring (bicyclic) bond motifs is 1. The third kappa shape index (κ3) is 2.52. The number of ether oxygens (including phenoxy) is 1. The summed E-state index contributed by atoms with van der Waals surface area (Å²) in [5, 5.41) is 5.48. The molecule has 0 spiro atoms. The van der Waals surface area contributed by atoms with E-state index < -0.39 is 0 Å². The van der Waals surface area contributed by atoms with E-state index in [1.54, 1.807) is 18.4 Å². The Labute approximate surface area is 121 Å². The van der Waals surface area contributed by atoms with Crippen molar-refractivity contribution in [2.75, 3.05) is 7.11 Å². The second kappa shape index (κ2) is 5.60. The van der Waals surface area contributed by atoms with Crippen LogP contribution in [0, 0.1) is 6.92 Å². The molecule has 104 valence electrons. The highest BCUT2D eigenvalue weighted by Gasteiger charge is 2.08. The predicted molar refractivity (Wildman–Crippen MR) is 79.1 cm³/mol. The maximum absolute atomic E-state index is 5.05. The van der Waals surface area contributed by atoms with E-state index in [4.69, 9.17) is 4.74 Å². The van der Waals surface area contributed by atoms with Crippen LogP contribution in [0.5, 0.6) is 5.88 Å². The van der Waals surface area contributed by atoms with E-state index in [1.165, 1.54) is 5.69 Å². The molecule has 0 amide bonds. The minimum Gasteiger partial charge on any atom is -0.481 e. The topological polar surface area (TPSA) is 51.5 Å². The molecule has 0 radical (unpaired) electrons. The standard InChI is InChI=1S/C14H16N4OS/c1-10-12(18-5-6-20-14(18)17-10)9-15-7-11-3-4-13(19-2)16-8-11/h3-6,8,15H,7,9H2,1-2H3. The number of aryl methyl sites for hydroxylation is 1. The lowest BCUT2D eigenvalue weighted by Crippen LogP contribution is -2.14. The lowest BCUT2D eigenvalue weighted by atomic mass is 10.2. The van der Waals surface area contributed by atoms with Crippen LogP contribution in [0.25, 0.3) is 4.96 Å². The quantitative estimate of drug-likeness (QED) is 0.783. The van der Waals surface area contributed by atoms with Gasteiger partial charge in [0.25, 0.3) is 0 Å². The number of aromatic nitrogens is 3. The normalized spacial score (nSPS) is 11.1. The van der Waals surface area contributed by atoms with Crippen molar-refractivity contribution in [1.82, 2.24) is 19.7 Å². The van der Waals surface area contributed by atoms with Crippen molar-refractivity contribution >= 4 is 16.3 Å². The number of hydrogen-bond acceptors (Lipinski definition) is 5. The summed E-state index contributed by atoms with van der Waals surface area (Å²) in [6.45, 7) is 3.61. The molecule has 3 aromatic heterocycles. The average Bonchev–Trinajstić information content (AvgIpc) is 3.02. The first-order valence-corrected chi connectivity index (χ1v) is 7.26. The number of rotatable bonds is 5. The lowest BCUT2D eigenvalue weighted by Gasteiger charge is -2.06. The monoisotopic (exact) mass is 288 g/mol. The summed E-state index contributed by atoms with van der Waals surface area (Å²) >= 11 is 1.66. The molecular formula is C14H16N4OS. The molecule has 0 aliphatic carbocycles. The Morgan fingerprint density at radius 2 is 2.25 bits per heavy atom. The Kier molecular flexibility index (Phi) is 3.66. The molecule has 0 saturated carbocycles. The fraction of sp³-hybridized carbons (Fsp3) is 0.286. The molecule has 0 aromatic carbocycles. The second-order valence-electron chi connectivity index (χ2n) is 4.51. The smallest absolute Gasteiger partial charge is 0.212 e. The van der Waals surface area contributed by atoms with Gasteiger partial charge >= 0.3 is 0 Å². The van der Waals surface area contributed by atoms with Gasteiger partial charge in [0.05, 0.1) is 18.5 Å². The van der Waals surface area contributed by atoms with Crippen LogP contribution in [-0.2, 0) is 13.1 Å². The lowest BCUT2D eigenvalue weighted by molar-refractivity contribution is 0.397. The minimum atomic E-state index is 0.639. The van der Waals surface area contributed by atoms with Gasteiger partial charge in [-0.05, 0) is 12.5 Å². The van der Waals surface area contributed by atoms with Gasteiger partial charge in [-0.15, -0.1) is 11.3 Å². The van der Waals surface area contributed by atoms with Gasteiger partial charge in [0.15, 0.2) is 4.96 Å². The Morgan fingerprint density at radius 1 is 1.35 bits per heavy atom. The molecule has 1 N–H and O–H groups in total. The summed E-state index contributed by atoms with van der Waals surface area (Å²) in [6, 6.07) is 3.89. The Morgan fingerprint density at radius 3 is 3.00 bits per heavy atom. The largest absolute Gasteiger partial charge is 0.481 e. The number of hydrogen-bond donors (Lipinski definition) is 1. The summed E-state index contributed by atoms with van der Waals surface area (Å²) in [4.78, 5) is 9.77. The first-order valence-electron chi connectivity index (χ1n) is 6.38. The molecule has 20 heavy (non-hydrogen) atoms. The summed E-state index contributed by atoms with van der Waals surface area (Å²) in [6.07, 6.45) is 3.89. The molecule has 0 aliphatic heterocycles. The first kappa shape index (κ1) is 13.1. The van der Waals surface area contributed by atoms with Crippen LogP contribution in [0.3, 0.4) is 0 Å². The van der Waals surface area contributed by atoms with Gasteiger partial charge in [-0.25, -0.2) is 9.97 Å². The highest BCUT2D eigenvalue weighted by atomic mass is 32.1. The molecule has 0 atom stereocenters. The maximum Gasteiger partial charge on any atom is 0.212 e. The fourth-order valence-corrected chi connectivity index (χ4v) is 2.89. The number of nitrogens with one attached hydrogen (secondary N) is 1. The second-order valence-corrected chi connectivity index (χ2v) is 5.38. The van der Waals surface area contributed by atoms with Crippen molar-refractivity contribution in [3.8, 4) is 5.88 Å². The molecule has 0 unspecified atom stereocenters. The van der Waals surface area contributed by atoms with Crippen LogP contribution in [-0.4, -0.2) is 21.5 Å². The van der Waals surface area contributed by atoms with Crippen molar-refractivity contribution in [3.63, 3.8) is 0 Å². The van der Waals surface area contributed by atoms with E-state index in [1.807, 2.05) is 25.3 Å². The average molecular weight is 288 g/mol. The SMILES string of the molecule is COc1ccc(CNCc2c(C)nc3sccn23)cn1. The highest BCUT2D eigenvalue weighted by molar-refractivity contribution is 7.15. The Balaban J connectivity index is 1.64. The van der Waals surface area contributed by atoms with Crippen LogP contribution in [0.15, 0.2) is 29.9 Å². The van der Waals surface area contributed by atoms with Gasteiger partial charge in [-0.3, -0.25) is 4.40 Å². The summed E-state index contributed by atoms with van der Waals surface area (Å²) < 4.78 is 7.18. The van der Waals surface area contributed by atoms with Crippen LogP contribution in [0.1, 0.15) is 17.0 Å². The van der Waals surface area contributed by atoms with Crippen molar-refractivity contribution in [2.45, 2.75) is 20.0 Å². The van der Waals surface area contributed by atoms with E-state index in [9.17, 15) is 0 Å². The minimum absolute atomic E-state index is 0.639. The molecule has 0 aliphatic rings. The Hall–Kier alpha value is -1.92. The first-order chi connectivity index (χ1) is 9.78. The molecule has 3 rings (SSSR count). The zero-order valence-corrected chi connectivity index (χ0v) is 12.3. The number of pyridine rings is 1. The van der Waals surface area contributed by atoms with Gasteiger partial charge in [0.1, 0.15) is 0 Å². The predicted octanol–water partition coefficient (Wildman–Crippen LogP) is 2.40. The third-order valence-electron chi connectivity index (χ3n) is 3.19. The summed E-state index contributed by atoms with van der Waals surface area (Å²) in [5.41, 5.74) is 3.43. The molecule has 0 bridgehead atoms. The van der Waals surface area contributed by atoms with E-state index in [0.717, 1.165) is 29.3 Å². The van der Waals surface area contributed by atoms with E-state index in [2.05, 4.69) is 31.3 Å². The molecule has 3 heterocycles. The Bertz CT molecular complexity index is 702. The van der Waals surface area contributed by atoms with E-state index >= 15 is 0 Å². The molecule has 0 saturated heterocycles.